The van der Waals surface area contributed by atoms with Crippen LogP contribution in [0.4, 0.5) is 0 Å². The van der Waals surface area contributed by atoms with Crippen LogP contribution in [0.15, 0.2) is 53.3 Å². The largest absolute Gasteiger partial charge is 0.472 e. The number of nitrogens with zero attached hydrogens (tertiary/aromatic N) is 2. The molecule has 0 unspecified atom stereocenters. The van der Waals surface area contributed by atoms with Crippen molar-refractivity contribution in [2.24, 2.45) is 5.92 Å². The Labute approximate surface area is 171 Å². The molecule has 2 aliphatic heterocycles. The number of likely N-dealkylation sites (tertiary alicyclic amines) is 2. The van der Waals surface area contributed by atoms with Crippen molar-refractivity contribution in [2.45, 2.75) is 38.3 Å². The minimum atomic E-state index is 0.0500. The van der Waals surface area contributed by atoms with Gasteiger partial charge in [-0.2, -0.15) is 0 Å². The zero-order valence-electron chi connectivity index (χ0n) is 16.8. The molecule has 6 nitrogen and oxygen atoms in total. The summed E-state index contributed by atoms with van der Waals surface area (Å²) in [6, 6.07) is 12.2. The number of nitrogens with one attached hydrogen (secondary N) is 1. The molecule has 29 heavy (non-hydrogen) atoms. The predicted molar refractivity (Wildman–Crippen MR) is 110 cm³/mol. The van der Waals surface area contributed by atoms with Crippen LogP contribution in [0.3, 0.4) is 0 Å². The Morgan fingerprint density at radius 3 is 2.55 bits per heavy atom. The van der Waals surface area contributed by atoms with Gasteiger partial charge in [-0.3, -0.25) is 14.5 Å². The second-order valence-electron chi connectivity index (χ2n) is 8.07. The Balaban J connectivity index is 1.25. The molecular formula is C23H29N3O3. The minimum Gasteiger partial charge on any atom is -0.472 e. The number of furan rings is 1. The number of hydrogen-bond donors (Lipinski definition) is 1. The van der Waals surface area contributed by atoms with E-state index in [0.717, 1.165) is 57.4 Å². The van der Waals surface area contributed by atoms with Crippen LogP contribution in [-0.4, -0.2) is 53.8 Å². The quantitative estimate of drug-likeness (QED) is 0.845. The lowest BCUT2D eigenvalue weighted by atomic mass is 9.93. The van der Waals surface area contributed by atoms with Gasteiger partial charge in [-0.05, 0) is 43.9 Å². The maximum absolute atomic E-state index is 12.7. The first-order valence-electron chi connectivity index (χ1n) is 10.6. The molecule has 0 radical (unpaired) electrons. The molecule has 4 rings (SSSR count). The standard InChI is InChI=1S/C23H29N3O3/c27-22(24-15-18-5-2-1-3-6-18)19-7-4-11-26(16-19)21-8-12-25(13-9-21)23(28)20-10-14-29-17-20/h1-3,5-6,10,14,17,19,21H,4,7-9,11-13,15-16H2,(H,24,27)/t19-/m0/s1. The van der Waals surface area contributed by atoms with E-state index in [9.17, 15) is 9.59 Å². The zero-order valence-corrected chi connectivity index (χ0v) is 16.8. The average Bonchev–Trinajstić information content (AvgIpc) is 3.33. The summed E-state index contributed by atoms with van der Waals surface area (Å²) in [7, 11) is 0. The van der Waals surface area contributed by atoms with Gasteiger partial charge in [0.2, 0.25) is 5.91 Å². The maximum Gasteiger partial charge on any atom is 0.257 e. The first-order chi connectivity index (χ1) is 14.2. The molecular weight excluding hydrogens is 366 g/mol. The average molecular weight is 396 g/mol. The second-order valence-corrected chi connectivity index (χ2v) is 8.07. The molecule has 2 aromatic rings. The summed E-state index contributed by atoms with van der Waals surface area (Å²) in [6.07, 6.45) is 6.98. The maximum atomic E-state index is 12.7. The summed E-state index contributed by atoms with van der Waals surface area (Å²) in [4.78, 5) is 29.5. The van der Waals surface area contributed by atoms with E-state index in [0.29, 0.717) is 18.2 Å². The molecule has 1 aromatic heterocycles. The van der Waals surface area contributed by atoms with Crippen molar-refractivity contribution in [3.63, 3.8) is 0 Å². The summed E-state index contributed by atoms with van der Waals surface area (Å²) < 4.78 is 5.03. The molecule has 3 heterocycles. The number of carbonyl (C=O) groups excluding carboxylic acids is 2. The molecule has 2 aliphatic rings. The van der Waals surface area contributed by atoms with Crippen LogP contribution < -0.4 is 5.32 Å². The molecule has 2 saturated heterocycles. The van der Waals surface area contributed by atoms with Crippen LogP contribution in [0.1, 0.15) is 41.6 Å². The van der Waals surface area contributed by atoms with E-state index in [2.05, 4.69) is 10.2 Å². The van der Waals surface area contributed by atoms with Crippen molar-refractivity contribution in [3.8, 4) is 0 Å². The van der Waals surface area contributed by atoms with Gasteiger partial charge in [-0.15, -0.1) is 0 Å². The zero-order chi connectivity index (χ0) is 20.1. The first-order valence-corrected chi connectivity index (χ1v) is 10.6. The van der Waals surface area contributed by atoms with Gasteiger partial charge >= 0.3 is 0 Å². The fourth-order valence-electron chi connectivity index (χ4n) is 4.48. The normalized spacial score (nSPS) is 21.1. The third-order valence-corrected chi connectivity index (χ3v) is 6.17. The van der Waals surface area contributed by atoms with Gasteiger partial charge in [0.05, 0.1) is 17.7 Å². The summed E-state index contributed by atoms with van der Waals surface area (Å²) >= 11 is 0. The van der Waals surface area contributed by atoms with Gasteiger partial charge in [-0.25, -0.2) is 0 Å². The number of carbonyl (C=O) groups is 2. The van der Waals surface area contributed by atoms with E-state index < -0.39 is 0 Å². The van der Waals surface area contributed by atoms with E-state index in [1.165, 1.54) is 12.5 Å². The highest BCUT2D eigenvalue weighted by Gasteiger charge is 2.32. The van der Waals surface area contributed by atoms with Gasteiger partial charge < -0.3 is 14.6 Å². The second kappa shape index (κ2) is 9.27. The highest BCUT2D eigenvalue weighted by atomic mass is 16.3. The predicted octanol–water partition coefficient (Wildman–Crippen LogP) is 2.91. The lowest BCUT2D eigenvalue weighted by Gasteiger charge is -2.42. The highest BCUT2D eigenvalue weighted by molar-refractivity contribution is 5.93. The van der Waals surface area contributed by atoms with Crippen molar-refractivity contribution in [2.75, 3.05) is 26.2 Å². The molecule has 1 atom stereocenters. The van der Waals surface area contributed by atoms with Crippen LogP contribution in [0.2, 0.25) is 0 Å². The third-order valence-electron chi connectivity index (χ3n) is 6.17. The lowest BCUT2D eigenvalue weighted by Crippen LogP contribution is -2.51. The molecule has 154 valence electrons. The fourth-order valence-corrected chi connectivity index (χ4v) is 4.48. The van der Waals surface area contributed by atoms with Crippen molar-refractivity contribution in [1.82, 2.24) is 15.1 Å². The van der Waals surface area contributed by atoms with Gasteiger partial charge in [0, 0.05) is 32.2 Å². The van der Waals surface area contributed by atoms with Crippen molar-refractivity contribution in [1.29, 1.82) is 0 Å². The Morgan fingerprint density at radius 2 is 1.83 bits per heavy atom. The monoisotopic (exact) mass is 395 g/mol. The van der Waals surface area contributed by atoms with Crippen LogP contribution in [0.25, 0.3) is 0 Å². The van der Waals surface area contributed by atoms with Crippen LogP contribution in [0, 0.1) is 5.92 Å². The van der Waals surface area contributed by atoms with E-state index in [4.69, 9.17) is 4.42 Å². The number of amides is 2. The van der Waals surface area contributed by atoms with E-state index in [-0.39, 0.29) is 17.7 Å². The number of rotatable bonds is 5. The van der Waals surface area contributed by atoms with Crippen molar-refractivity contribution in [3.05, 3.63) is 60.1 Å². The number of hydrogen-bond acceptors (Lipinski definition) is 4. The molecule has 0 saturated carbocycles. The van der Waals surface area contributed by atoms with Gasteiger partial charge in [-0.1, -0.05) is 30.3 Å². The highest BCUT2D eigenvalue weighted by Crippen LogP contribution is 2.25. The fraction of sp³-hybridized carbons (Fsp3) is 0.478. The van der Waals surface area contributed by atoms with Crippen LogP contribution in [-0.2, 0) is 11.3 Å². The molecule has 1 N–H and O–H groups in total. The van der Waals surface area contributed by atoms with Crippen molar-refractivity contribution < 1.29 is 14.0 Å². The summed E-state index contributed by atoms with van der Waals surface area (Å²) in [5.41, 5.74) is 1.75. The number of piperidine rings is 2. The van der Waals surface area contributed by atoms with E-state index in [1.807, 2.05) is 35.2 Å². The molecule has 6 heteroatoms. The van der Waals surface area contributed by atoms with E-state index in [1.54, 1.807) is 6.07 Å². The van der Waals surface area contributed by atoms with E-state index >= 15 is 0 Å². The third kappa shape index (κ3) is 4.88. The molecule has 0 bridgehead atoms. The summed E-state index contributed by atoms with van der Waals surface area (Å²) in [5, 5.41) is 3.10. The Hall–Kier alpha value is -2.60. The summed E-state index contributed by atoms with van der Waals surface area (Å²) in [5.74, 6) is 0.262. The molecule has 1 aromatic carbocycles. The van der Waals surface area contributed by atoms with Crippen molar-refractivity contribution >= 4 is 11.8 Å². The topological polar surface area (TPSA) is 65.8 Å². The smallest absolute Gasteiger partial charge is 0.257 e. The number of benzene rings is 1. The van der Waals surface area contributed by atoms with Crippen LogP contribution >= 0.6 is 0 Å². The van der Waals surface area contributed by atoms with Crippen LogP contribution in [0.5, 0.6) is 0 Å². The van der Waals surface area contributed by atoms with Gasteiger partial charge in [0.15, 0.2) is 0 Å². The van der Waals surface area contributed by atoms with Gasteiger partial charge in [0.1, 0.15) is 6.26 Å². The SMILES string of the molecule is O=C(NCc1ccccc1)[C@H]1CCCN(C2CCN(C(=O)c3ccoc3)CC2)C1. The molecule has 2 fully saturated rings. The summed E-state index contributed by atoms with van der Waals surface area (Å²) in [6.45, 7) is 3.97. The molecule has 2 amide bonds. The molecule has 0 spiro atoms. The van der Waals surface area contributed by atoms with Gasteiger partial charge in [0.25, 0.3) is 5.91 Å². The molecule has 0 aliphatic carbocycles. The Morgan fingerprint density at radius 1 is 1.03 bits per heavy atom. The minimum absolute atomic E-state index is 0.0500. The Kier molecular flexibility index (Phi) is 6.30. The Bertz CT molecular complexity index is 798. The lowest BCUT2D eigenvalue weighted by molar-refractivity contribution is -0.127. The first kappa shape index (κ1) is 19.7.